The second-order valence-electron chi connectivity index (χ2n) is 4.81. The van der Waals surface area contributed by atoms with Crippen LogP contribution in [0.15, 0.2) is 30.6 Å². The number of aryl methyl sites for hydroxylation is 1. The molecule has 0 saturated carbocycles. The molecule has 17 heavy (non-hydrogen) atoms. The van der Waals surface area contributed by atoms with Gasteiger partial charge in [-0.2, -0.15) is 0 Å². The van der Waals surface area contributed by atoms with Gasteiger partial charge in [-0.25, -0.2) is 4.57 Å². The van der Waals surface area contributed by atoms with Crippen molar-refractivity contribution in [3.63, 3.8) is 0 Å². The highest BCUT2D eigenvalue weighted by Gasteiger charge is 2.42. The fourth-order valence-corrected chi connectivity index (χ4v) is 3.04. The largest absolute Gasteiger partial charge is 0.363 e. The van der Waals surface area contributed by atoms with Crippen molar-refractivity contribution in [1.82, 2.24) is 9.78 Å². The van der Waals surface area contributed by atoms with Gasteiger partial charge in [0.2, 0.25) is 6.33 Å². The Bertz CT molecular complexity index is 590. The number of hydrogen-bond acceptors (Lipinski definition) is 2. The average Bonchev–Trinajstić information content (AvgIpc) is 2.87. The zero-order chi connectivity index (χ0) is 11.4. The fraction of sp³-hybridized carbons (Fsp3) is 0.385. The van der Waals surface area contributed by atoms with Gasteiger partial charge in [-0.3, -0.25) is 0 Å². The lowest BCUT2D eigenvalue weighted by molar-refractivity contribution is -0.739. The van der Waals surface area contributed by atoms with E-state index in [1.807, 2.05) is 11.7 Å². The van der Waals surface area contributed by atoms with Gasteiger partial charge in [0.05, 0.1) is 7.05 Å². The molecule has 0 amide bonds. The summed E-state index contributed by atoms with van der Waals surface area (Å²) >= 11 is 0. The molecule has 86 valence electrons. The first-order valence-corrected chi connectivity index (χ1v) is 5.96. The second-order valence-corrected chi connectivity index (χ2v) is 4.81. The number of benzene rings is 1. The minimum atomic E-state index is 0.272. The van der Waals surface area contributed by atoms with Crippen LogP contribution < -0.4 is 4.57 Å². The van der Waals surface area contributed by atoms with Crippen molar-refractivity contribution in [2.75, 3.05) is 0 Å². The summed E-state index contributed by atoms with van der Waals surface area (Å²) in [5.74, 6) is 1.02. The monoisotopic (exact) mass is 228 g/mol. The summed E-state index contributed by atoms with van der Waals surface area (Å²) in [6.07, 6.45) is 3.36. The van der Waals surface area contributed by atoms with Crippen LogP contribution in [0.4, 0.5) is 0 Å². The first-order chi connectivity index (χ1) is 8.33. The maximum absolute atomic E-state index is 5.93. The van der Waals surface area contributed by atoms with Crippen LogP contribution >= 0.6 is 0 Å². The Morgan fingerprint density at radius 2 is 2.29 bits per heavy atom. The van der Waals surface area contributed by atoms with E-state index in [4.69, 9.17) is 4.74 Å². The van der Waals surface area contributed by atoms with Crippen LogP contribution in [0.2, 0.25) is 0 Å². The molecule has 4 heteroatoms. The van der Waals surface area contributed by atoms with E-state index in [-0.39, 0.29) is 6.10 Å². The van der Waals surface area contributed by atoms with Gasteiger partial charge < -0.3 is 4.74 Å². The van der Waals surface area contributed by atoms with E-state index in [2.05, 4.69) is 40.3 Å². The molecule has 0 N–H and O–H groups in total. The molecule has 2 atom stereocenters. The summed E-state index contributed by atoms with van der Waals surface area (Å²) in [5, 5.41) is 4.44. The first-order valence-electron chi connectivity index (χ1n) is 5.96. The number of nitrogens with zero attached hydrogens (tertiary/aromatic N) is 3. The molecule has 2 aliphatic rings. The summed E-state index contributed by atoms with van der Waals surface area (Å²) in [6, 6.07) is 8.92. The van der Waals surface area contributed by atoms with E-state index in [0.29, 0.717) is 12.6 Å². The van der Waals surface area contributed by atoms with Crippen LogP contribution in [0.5, 0.6) is 0 Å². The molecule has 4 nitrogen and oxygen atoms in total. The lowest BCUT2D eigenvalue weighted by atomic mass is 10.1. The van der Waals surface area contributed by atoms with Gasteiger partial charge in [0.15, 0.2) is 0 Å². The molecular weight excluding hydrogens is 214 g/mol. The Hall–Kier alpha value is -1.68. The molecule has 2 aromatic rings. The molecule has 2 heterocycles. The maximum atomic E-state index is 5.93. The molecule has 0 fully saturated rings. The predicted octanol–water partition coefficient (Wildman–Crippen LogP) is 0.752. The third kappa shape index (κ3) is 1.21. The van der Waals surface area contributed by atoms with E-state index in [1.54, 1.807) is 0 Å². The van der Waals surface area contributed by atoms with Crippen LogP contribution in [0.3, 0.4) is 0 Å². The summed E-state index contributed by atoms with van der Waals surface area (Å²) in [6.45, 7) is 0.621. The number of fused-ring (bicyclic) bond motifs is 5. The van der Waals surface area contributed by atoms with Crippen molar-refractivity contribution in [3.05, 3.63) is 47.5 Å². The van der Waals surface area contributed by atoms with Crippen molar-refractivity contribution >= 4 is 0 Å². The molecule has 2 unspecified atom stereocenters. The summed E-state index contributed by atoms with van der Waals surface area (Å²) in [5.41, 5.74) is 2.79. The Morgan fingerprint density at radius 1 is 1.41 bits per heavy atom. The molecule has 0 saturated heterocycles. The predicted molar refractivity (Wildman–Crippen MR) is 60.3 cm³/mol. The van der Waals surface area contributed by atoms with Gasteiger partial charge in [0.25, 0.3) is 0 Å². The second kappa shape index (κ2) is 3.17. The van der Waals surface area contributed by atoms with E-state index < -0.39 is 0 Å². The number of aromatic nitrogens is 3. The van der Waals surface area contributed by atoms with Crippen LogP contribution in [0, 0.1) is 0 Å². The molecular formula is C13H14N3O+. The van der Waals surface area contributed by atoms with E-state index in [9.17, 15) is 0 Å². The van der Waals surface area contributed by atoms with Crippen molar-refractivity contribution in [2.24, 2.45) is 7.05 Å². The minimum absolute atomic E-state index is 0.272. The highest BCUT2D eigenvalue weighted by Crippen LogP contribution is 2.35. The van der Waals surface area contributed by atoms with E-state index in [0.717, 1.165) is 12.2 Å². The van der Waals surface area contributed by atoms with Crippen LogP contribution in [-0.2, 0) is 24.8 Å². The van der Waals surface area contributed by atoms with Gasteiger partial charge in [-0.1, -0.05) is 24.3 Å². The molecule has 1 aromatic carbocycles. The molecule has 0 spiro atoms. The number of ether oxygens (including phenoxy) is 1. The zero-order valence-electron chi connectivity index (χ0n) is 9.71. The molecule has 0 bridgehead atoms. The Labute approximate surface area is 99.5 Å². The molecule has 0 radical (unpaired) electrons. The summed E-state index contributed by atoms with van der Waals surface area (Å²) in [7, 11) is 1.96. The van der Waals surface area contributed by atoms with Gasteiger partial charge in [0.1, 0.15) is 18.8 Å². The SMILES string of the molecule is Cn1c[n+]2c(n1)COC1Cc3ccccc3C12. The highest BCUT2D eigenvalue weighted by atomic mass is 16.5. The maximum Gasteiger partial charge on any atom is 0.303 e. The number of rotatable bonds is 0. The van der Waals surface area contributed by atoms with E-state index in [1.165, 1.54) is 11.1 Å². The van der Waals surface area contributed by atoms with Gasteiger partial charge in [-0.15, -0.1) is 4.68 Å². The lowest BCUT2D eigenvalue weighted by Crippen LogP contribution is -2.51. The van der Waals surface area contributed by atoms with Crippen LogP contribution in [0.1, 0.15) is 23.0 Å². The Kier molecular flexibility index (Phi) is 1.74. The van der Waals surface area contributed by atoms with Gasteiger partial charge >= 0.3 is 5.82 Å². The Morgan fingerprint density at radius 3 is 3.24 bits per heavy atom. The summed E-state index contributed by atoms with van der Waals surface area (Å²) in [4.78, 5) is 0. The van der Waals surface area contributed by atoms with Crippen molar-refractivity contribution in [2.45, 2.75) is 25.2 Å². The third-order valence-electron chi connectivity index (χ3n) is 3.74. The van der Waals surface area contributed by atoms with Crippen LogP contribution in [0.25, 0.3) is 0 Å². The van der Waals surface area contributed by atoms with Crippen molar-refractivity contribution < 1.29 is 9.30 Å². The van der Waals surface area contributed by atoms with Gasteiger partial charge in [-0.05, 0) is 11.1 Å². The molecule has 1 aliphatic heterocycles. The van der Waals surface area contributed by atoms with Gasteiger partial charge in [0, 0.05) is 11.5 Å². The average molecular weight is 228 g/mol. The van der Waals surface area contributed by atoms with Crippen LogP contribution in [-0.4, -0.2) is 15.9 Å². The quantitative estimate of drug-likeness (QED) is 0.623. The molecule has 1 aliphatic carbocycles. The molecule has 4 rings (SSSR count). The highest BCUT2D eigenvalue weighted by molar-refractivity contribution is 5.35. The standard InChI is InChI=1S/C13H14N3O/c1-15-8-16-12(14-15)7-17-11-6-9-4-2-3-5-10(9)13(11)16/h2-5,8,11,13H,6-7H2,1H3/q+1. The fourth-order valence-electron chi connectivity index (χ4n) is 3.04. The number of hydrogen-bond donors (Lipinski definition) is 0. The van der Waals surface area contributed by atoms with Crippen molar-refractivity contribution in [3.8, 4) is 0 Å². The third-order valence-corrected chi connectivity index (χ3v) is 3.74. The Balaban J connectivity index is 1.91. The smallest absolute Gasteiger partial charge is 0.303 e. The van der Waals surface area contributed by atoms with E-state index >= 15 is 0 Å². The topological polar surface area (TPSA) is 30.9 Å². The zero-order valence-corrected chi connectivity index (χ0v) is 9.71. The molecule has 1 aromatic heterocycles. The first kappa shape index (κ1) is 9.36. The van der Waals surface area contributed by atoms with Crippen molar-refractivity contribution in [1.29, 1.82) is 0 Å². The minimum Gasteiger partial charge on any atom is -0.363 e. The summed E-state index contributed by atoms with van der Waals surface area (Å²) < 4.78 is 10.1. The lowest BCUT2D eigenvalue weighted by Gasteiger charge is -2.23. The normalized spacial score (nSPS) is 25.2.